The Bertz CT molecular complexity index is 1070. The topological polar surface area (TPSA) is 89.0 Å². The number of rotatable bonds is 5. The summed E-state index contributed by atoms with van der Waals surface area (Å²) in [7, 11) is 0. The molecule has 4 rings (SSSR count). The van der Waals surface area contributed by atoms with E-state index in [9.17, 15) is 18.0 Å². The number of nitriles is 1. The Balaban J connectivity index is 1.34. The van der Waals surface area contributed by atoms with Crippen LogP contribution in [0, 0.1) is 11.3 Å². The van der Waals surface area contributed by atoms with E-state index in [2.05, 4.69) is 27.3 Å². The van der Waals surface area contributed by atoms with E-state index in [1.807, 2.05) is 0 Å². The van der Waals surface area contributed by atoms with Crippen LogP contribution in [-0.2, 0) is 6.18 Å². The maximum atomic E-state index is 12.7. The maximum absolute atomic E-state index is 12.7. The smallest absolute Gasteiger partial charge is 0.355 e. The molecule has 2 fully saturated rings. The van der Waals surface area contributed by atoms with Gasteiger partial charge in [0, 0.05) is 11.4 Å². The highest BCUT2D eigenvalue weighted by Crippen LogP contribution is 2.57. The molecule has 2 aromatic carbocycles. The van der Waals surface area contributed by atoms with Gasteiger partial charge in [0.1, 0.15) is 0 Å². The van der Waals surface area contributed by atoms with Crippen LogP contribution in [-0.4, -0.2) is 22.2 Å². The van der Waals surface area contributed by atoms with E-state index in [0.717, 1.165) is 43.5 Å². The number of urea groups is 1. The first-order valence-electron chi connectivity index (χ1n) is 10.0. The number of nitrogens with one attached hydrogen (secondary N) is 4. The third kappa shape index (κ3) is 4.62. The molecular formula is C22H20F3N5OS. The number of hydrogen-bond acceptors (Lipinski definition) is 3. The number of thiocarbonyl (C=S) groups is 1. The number of amides is 2. The third-order valence-electron chi connectivity index (χ3n) is 5.86. The lowest BCUT2D eigenvalue weighted by molar-refractivity contribution is -0.137. The highest BCUT2D eigenvalue weighted by atomic mass is 32.1. The van der Waals surface area contributed by atoms with Gasteiger partial charge in [-0.05, 0) is 86.4 Å². The standard InChI is InChI=1S/C22H20F3N5OS/c23-22(24,25)15-3-7-16(8-4-15)27-18(31)29-20(9-10-20)21(11-12-21)30-19(32)28-17-5-1-14(13-26)2-6-17/h1-8H,9-12H2,(H2,27,29,31)(H2,28,30,32). The monoisotopic (exact) mass is 459 g/mol. The third-order valence-corrected chi connectivity index (χ3v) is 6.07. The lowest BCUT2D eigenvalue weighted by Crippen LogP contribution is -2.57. The van der Waals surface area contributed by atoms with Gasteiger partial charge in [0.05, 0.1) is 28.3 Å². The minimum absolute atomic E-state index is 0.280. The van der Waals surface area contributed by atoms with Crippen LogP contribution in [0.25, 0.3) is 0 Å². The summed E-state index contributed by atoms with van der Waals surface area (Å²) in [5.41, 5.74) is -0.0160. The van der Waals surface area contributed by atoms with Crippen molar-refractivity contribution in [2.75, 3.05) is 10.6 Å². The predicted molar refractivity (Wildman–Crippen MR) is 118 cm³/mol. The Morgan fingerprint density at radius 2 is 1.38 bits per heavy atom. The molecule has 0 spiro atoms. The predicted octanol–water partition coefficient (Wildman–Crippen LogP) is 4.75. The molecule has 2 aliphatic rings. The molecule has 2 amide bonds. The first kappa shape index (κ1) is 21.9. The molecule has 0 atom stereocenters. The van der Waals surface area contributed by atoms with Crippen LogP contribution >= 0.6 is 12.2 Å². The second-order valence-corrected chi connectivity index (χ2v) is 8.49. The molecule has 4 N–H and O–H groups in total. The Kier molecular flexibility index (Phi) is 5.46. The molecule has 0 aromatic heterocycles. The van der Waals surface area contributed by atoms with Crippen molar-refractivity contribution in [1.29, 1.82) is 5.26 Å². The van der Waals surface area contributed by atoms with Crippen molar-refractivity contribution in [3.63, 3.8) is 0 Å². The van der Waals surface area contributed by atoms with Crippen molar-refractivity contribution in [1.82, 2.24) is 10.6 Å². The quantitative estimate of drug-likeness (QED) is 0.485. The average Bonchev–Trinajstić information content (AvgIpc) is 3.66. The first-order chi connectivity index (χ1) is 15.1. The van der Waals surface area contributed by atoms with Gasteiger partial charge in [0.15, 0.2) is 5.11 Å². The fourth-order valence-electron chi connectivity index (χ4n) is 3.83. The van der Waals surface area contributed by atoms with Crippen molar-refractivity contribution in [3.8, 4) is 6.07 Å². The highest BCUT2D eigenvalue weighted by Gasteiger charge is 2.67. The molecule has 6 nitrogen and oxygen atoms in total. The molecule has 2 aliphatic carbocycles. The molecule has 0 heterocycles. The summed E-state index contributed by atoms with van der Waals surface area (Å²) in [5, 5.41) is 21.3. The van der Waals surface area contributed by atoms with E-state index in [0.29, 0.717) is 10.7 Å². The van der Waals surface area contributed by atoms with Crippen LogP contribution < -0.4 is 21.3 Å². The van der Waals surface area contributed by atoms with E-state index in [1.54, 1.807) is 24.3 Å². The second kappa shape index (κ2) is 7.98. The number of anilines is 2. The number of hydrogen-bond donors (Lipinski definition) is 4. The maximum Gasteiger partial charge on any atom is 0.416 e. The van der Waals surface area contributed by atoms with Gasteiger partial charge in [-0.2, -0.15) is 18.4 Å². The van der Waals surface area contributed by atoms with E-state index >= 15 is 0 Å². The van der Waals surface area contributed by atoms with Crippen molar-refractivity contribution < 1.29 is 18.0 Å². The van der Waals surface area contributed by atoms with E-state index < -0.39 is 23.3 Å². The van der Waals surface area contributed by atoms with Gasteiger partial charge in [-0.1, -0.05) is 0 Å². The van der Waals surface area contributed by atoms with Crippen LogP contribution in [0.15, 0.2) is 48.5 Å². The summed E-state index contributed by atoms with van der Waals surface area (Å²) in [5.74, 6) is 0. The van der Waals surface area contributed by atoms with Crippen molar-refractivity contribution >= 4 is 34.7 Å². The molecule has 0 aliphatic heterocycles. The van der Waals surface area contributed by atoms with Gasteiger partial charge in [-0.3, -0.25) is 0 Å². The zero-order valence-corrected chi connectivity index (χ0v) is 17.7. The van der Waals surface area contributed by atoms with Gasteiger partial charge >= 0.3 is 12.2 Å². The highest BCUT2D eigenvalue weighted by molar-refractivity contribution is 7.80. The molecule has 0 bridgehead atoms. The summed E-state index contributed by atoms with van der Waals surface area (Å²) in [6.45, 7) is 0. The van der Waals surface area contributed by atoms with Crippen LogP contribution in [0.4, 0.5) is 29.3 Å². The van der Waals surface area contributed by atoms with Gasteiger partial charge in [-0.25, -0.2) is 4.79 Å². The normalized spacial score (nSPS) is 17.4. The SMILES string of the molecule is N#Cc1ccc(NC(=S)NC2(C3(NC(=O)Nc4ccc(C(F)(F)F)cc4)CC3)CC2)cc1. The Hall–Kier alpha value is -3.32. The molecule has 0 radical (unpaired) electrons. The van der Waals surface area contributed by atoms with E-state index in [4.69, 9.17) is 17.5 Å². The molecule has 32 heavy (non-hydrogen) atoms. The fraction of sp³-hybridized carbons (Fsp3) is 0.318. The lowest BCUT2D eigenvalue weighted by atomic mass is 10.0. The molecular weight excluding hydrogens is 439 g/mol. The van der Waals surface area contributed by atoms with Gasteiger partial charge in [0.2, 0.25) is 0 Å². The minimum atomic E-state index is -4.42. The molecule has 0 unspecified atom stereocenters. The average molecular weight is 459 g/mol. The minimum Gasteiger partial charge on any atom is -0.355 e. The Morgan fingerprint density at radius 3 is 1.88 bits per heavy atom. The van der Waals surface area contributed by atoms with Gasteiger partial charge < -0.3 is 21.3 Å². The first-order valence-corrected chi connectivity index (χ1v) is 10.4. The van der Waals surface area contributed by atoms with Crippen molar-refractivity contribution in [2.24, 2.45) is 0 Å². The lowest BCUT2D eigenvalue weighted by Gasteiger charge is -2.30. The fourth-order valence-corrected chi connectivity index (χ4v) is 4.14. The number of benzene rings is 2. The number of nitrogens with zero attached hydrogens (tertiary/aromatic N) is 1. The summed E-state index contributed by atoms with van der Waals surface area (Å²) in [6.07, 6.45) is -1.20. The molecule has 10 heteroatoms. The van der Waals surface area contributed by atoms with Crippen LogP contribution in [0.5, 0.6) is 0 Å². The number of carbonyl (C=O) groups is 1. The summed E-state index contributed by atoms with van der Waals surface area (Å²) >= 11 is 5.44. The number of halogens is 3. The summed E-state index contributed by atoms with van der Waals surface area (Å²) < 4.78 is 38.1. The van der Waals surface area contributed by atoms with Crippen LogP contribution in [0.2, 0.25) is 0 Å². The van der Waals surface area contributed by atoms with Gasteiger partial charge in [0.25, 0.3) is 0 Å². The largest absolute Gasteiger partial charge is 0.416 e. The van der Waals surface area contributed by atoms with Crippen LogP contribution in [0.3, 0.4) is 0 Å². The van der Waals surface area contributed by atoms with E-state index in [1.165, 1.54) is 12.1 Å². The summed E-state index contributed by atoms with van der Waals surface area (Å²) in [4.78, 5) is 12.5. The zero-order chi connectivity index (χ0) is 23.0. The number of alkyl halides is 3. The summed E-state index contributed by atoms with van der Waals surface area (Å²) in [6, 6.07) is 12.8. The zero-order valence-electron chi connectivity index (χ0n) is 16.8. The molecule has 2 aromatic rings. The number of carbonyl (C=O) groups excluding carboxylic acids is 1. The second-order valence-electron chi connectivity index (χ2n) is 8.09. The van der Waals surface area contributed by atoms with Crippen LogP contribution in [0.1, 0.15) is 36.8 Å². The Morgan fingerprint density at radius 1 is 0.875 bits per heavy atom. The van der Waals surface area contributed by atoms with Crippen molar-refractivity contribution in [3.05, 3.63) is 59.7 Å². The van der Waals surface area contributed by atoms with Crippen molar-refractivity contribution in [2.45, 2.75) is 42.9 Å². The molecule has 0 saturated heterocycles. The molecule has 166 valence electrons. The molecule has 2 saturated carbocycles. The Labute approximate surface area is 188 Å². The van der Waals surface area contributed by atoms with Gasteiger partial charge in [-0.15, -0.1) is 0 Å². The van der Waals surface area contributed by atoms with E-state index in [-0.39, 0.29) is 11.2 Å².